The first kappa shape index (κ1) is 40.1. The minimum Gasteiger partial charge on any atom is -0.463 e. The zero-order valence-corrected chi connectivity index (χ0v) is 31.6. The summed E-state index contributed by atoms with van der Waals surface area (Å²) in [5.74, 6) is -3.81. The van der Waals surface area contributed by atoms with Gasteiger partial charge in [-0.2, -0.15) is 0 Å². The number of nitrogens with zero attached hydrogens (tertiary/aromatic N) is 1. The van der Waals surface area contributed by atoms with Crippen LogP contribution in [0.3, 0.4) is 0 Å². The van der Waals surface area contributed by atoms with Crippen LogP contribution in [0.1, 0.15) is 58.9 Å². The summed E-state index contributed by atoms with van der Waals surface area (Å²) in [4.78, 5) is 66.7. The molecule has 3 fully saturated rings. The number of amides is 2. The van der Waals surface area contributed by atoms with Crippen LogP contribution in [0, 0.1) is 0 Å². The Morgan fingerprint density at radius 2 is 1.32 bits per heavy atom. The maximum absolute atomic E-state index is 14.2. The molecule has 0 N–H and O–H groups in total. The van der Waals surface area contributed by atoms with Gasteiger partial charge in [-0.25, -0.2) is 0 Å². The van der Waals surface area contributed by atoms with Crippen LogP contribution in [0.4, 0.5) is 0 Å². The molecule has 16 nitrogen and oxygen atoms in total. The van der Waals surface area contributed by atoms with Gasteiger partial charge in [0.2, 0.25) is 0 Å². The van der Waals surface area contributed by atoms with E-state index in [1.54, 1.807) is 12.1 Å². The average molecular weight is 790 g/mol. The number of fused-ring (bicyclic) bond motifs is 2. The monoisotopic (exact) mass is 789 g/mol. The van der Waals surface area contributed by atoms with E-state index in [0.717, 1.165) is 29.9 Å². The molecule has 2 amide bonds. The number of hydrogen-bond donors (Lipinski definition) is 0. The molecule has 0 spiro atoms. The number of carbonyl (C=O) groups is 5. The fourth-order valence-electron chi connectivity index (χ4n) is 7.52. The summed E-state index contributed by atoms with van der Waals surface area (Å²) in [5, 5.41) is 0. The maximum Gasteiger partial charge on any atom is 0.303 e. The normalized spacial score (nSPS) is 30.9. The van der Waals surface area contributed by atoms with E-state index in [1.165, 1.54) is 26.2 Å². The minimum atomic E-state index is -1.67. The third-order valence-electron chi connectivity index (χ3n) is 9.96. The average Bonchev–Trinajstić information content (AvgIpc) is 3.45. The van der Waals surface area contributed by atoms with Gasteiger partial charge in [0.25, 0.3) is 11.8 Å². The maximum atomic E-state index is 14.2. The number of esters is 3. The molecule has 302 valence electrons. The highest BCUT2D eigenvalue weighted by molar-refractivity contribution is 6.21. The van der Waals surface area contributed by atoms with E-state index in [4.69, 9.17) is 47.4 Å². The number of rotatable bonds is 12. The topological polar surface area (TPSA) is 181 Å². The first-order valence-electron chi connectivity index (χ1n) is 18.5. The molecule has 0 bridgehead atoms. The molecular formula is C41H43NO15. The predicted molar refractivity (Wildman–Crippen MR) is 193 cm³/mol. The SMILES string of the molecule is CO[C@H]1O[C@@H]2CO[C@@H](c3ccccc3)O[C@H]2[C@H](OCc2ccccc2)[C@@H]1O[C@@H]1O[C@H](COC(C)=O)[C@@H](OC(C)=O)[C@H](OC(C)=O)[C@H]1N1C(=O)c2ccccc2C1=O. The molecule has 3 aromatic rings. The molecule has 3 saturated heterocycles. The lowest BCUT2D eigenvalue weighted by Crippen LogP contribution is -2.70. The van der Waals surface area contributed by atoms with Crippen molar-refractivity contribution >= 4 is 29.7 Å². The molecule has 11 atom stereocenters. The van der Waals surface area contributed by atoms with E-state index < -0.39 is 104 Å². The second kappa shape index (κ2) is 17.6. The second-order valence-corrected chi connectivity index (χ2v) is 13.8. The van der Waals surface area contributed by atoms with Gasteiger partial charge in [-0.1, -0.05) is 72.8 Å². The first-order valence-corrected chi connectivity index (χ1v) is 18.5. The molecule has 0 saturated carbocycles. The van der Waals surface area contributed by atoms with Crippen molar-refractivity contribution in [1.82, 2.24) is 4.90 Å². The van der Waals surface area contributed by atoms with Gasteiger partial charge >= 0.3 is 17.9 Å². The fraction of sp³-hybridized carbons (Fsp3) is 0.439. The lowest BCUT2D eigenvalue weighted by atomic mass is 9.93. The standard InChI is InChI=1S/C41H43NO15/c1-22(43)49-20-29-32(52-23(2)44)34(53-24(3)45)31(42-37(46)27-17-11-12-18-28(27)38(42)47)40(54-29)57-36-35(50-19-25-13-7-5-8-14-25)33-30(55-41(36)48-4)21-51-39(56-33)26-15-9-6-10-16-26/h5-18,29-36,39-41H,19-21H2,1-4H3/t29-,30-,31-,32-,33-,34-,35+,36+,39-,40+,41+/m1/s1. The van der Waals surface area contributed by atoms with Crippen LogP contribution in [0.25, 0.3) is 0 Å². The van der Waals surface area contributed by atoms with E-state index in [9.17, 15) is 24.0 Å². The summed E-state index contributed by atoms with van der Waals surface area (Å²) < 4.78 is 61.6. The number of methoxy groups -OCH3 is 1. The Bertz CT molecular complexity index is 1890. The third kappa shape index (κ3) is 8.62. The van der Waals surface area contributed by atoms with Gasteiger partial charge in [0, 0.05) is 33.4 Å². The van der Waals surface area contributed by atoms with Crippen molar-refractivity contribution in [2.24, 2.45) is 0 Å². The lowest BCUT2D eigenvalue weighted by Gasteiger charge is -2.51. The predicted octanol–water partition coefficient (Wildman–Crippen LogP) is 3.26. The van der Waals surface area contributed by atoms with Gasteiger partial charge in [0.15, 0.2) is 31.1 Å². The molecule has 0 radical (unpaired) electrons. The molecule has 7 rings (SSSR count). The molecule has 57 heavy (non-hydrogen) atoms. The van der Waals surface area contributed by atoms with Crippen LogP contribution >= 0.6 is 0 Å². The molecule has 0 unspecified atom stereocenters. The molecule has 4 aliphatic rings. The Hall–Kier alpha value is -5.07. The number of ether oxygens (including phenoxy) is 10. The second-order valence-electron chi connectivity index (χ2n) is 13.8. The highest BCUT2D eigenvalue weighted by atomic mass is 16.8. The molecule has 0 aliphatic carbocycles. The molecule has 4 aliphatic heterocycles. The summed E-state index contributed by atoms with van der Waals surface area (Å²) in [6.07, 6.45) is -11.8. The quantitative estimate of drug-likeness (QED) is 0.148. The molecule has 0 aromatic heterocycles. The van der Waals surface area contributed by atoms with E-state index in [-0.39, 0.29) is 24.3 Å². The van der Waals surface area contributed by atoms with Crippen LogP contribution in [-0.4, -0.2) is 116 Å². The Morgan fingerprint density at radius 1 is 0.702 bits per heavy atom. The minimum absolute atomic E-state index is 0.0825. The molecule has 16 heteroatoms. The molecule has 4 heterocycles. The van der Waals surface area contributed by atoms with Crippen molar-refractivity contribution in [3.8, 4) is 0 Å². The summed E-state index contributed by atoms with van der Waals surface area (Å²) in [7, 11) is 1.40. The Morgan fingerprint density at radius 3 is 1.93 bits per heavy atom. The Labute approximate surface area is 328 Å². The Kier molecular flexibility index (Phi) is 12.4. The number of benzene rings is 3. The van der Waals surface area contributed by atoms with E-state index in [0.29, 0.717) is 0 Å². The van der Waals surface area contributed by atoms with Crippen LogP contribution in [0.5, 0.6) is 0 Å². The van der Waals surface area contributed by atoms with Gasteiger partial charge in [-0.3, -0.25) is 28.9 Å². The summed E-state index contributed by atoms with van der Waals surface area (Å²) >= 11 is 0. The zero-order valence-electron chi connectivity index (χ0n) is 31.6. The van der Waals surface area contributed by atoms with Crippen molar-refractivity contribution in [3.05, 3.63) is 107 Å². The van der Waals surface area contributed by atoms with Crippen molar-refractivity contribution in [1.29, 1.82) is 0 Å². The number of imide groups is 1. The first-order chi connectivity index (χ1) is 27.5. The zero-order chi connectivity index (χ0) is 40.2. The number of hydrogen-bond acceptors (Lipinski definition) is 15. The lowest BCUT2D eigenvalue weighted by molar-refractivity contribution is -0.390. The van der Waals surface area contributed by atoms with E-state index in [1.807, 2.05) is 60.7 Å². The molecule has 3 aromatic carbocycles. The summed E-state index contributed by atoms with van der Waals surface area (Å²) in [6.45, 7) is 3.11. The highest BCUT2D eigenvalue weighted by Gasteiger charge is 2.60. The highest BCUT2D eigenvalue weighted by Crippen LogP contribution is 2.41. The van der Waals surface area contributed by atoms with Gasteiger partial charge in [0.05, 0.1) is 24.3 Å². The van der Waals surface area contributed by atoms with Gasteiger partial charge < -0.3 is 47.4 Å². The smallest absolute Gasteiger partial charge is 0.303 e. The molecular weight excluding hydrogens is 746 g/mol. The van der Waals surface area contributed by atoms with Crippen molar-refractivity contribution < 1.29 is 71.3 Å². The van der Waals surface area contributed by atoms with Crippen LogP contribution in [-0.2, 0) is 68.4 Å². The van der Waals surface area contributed by atoms with Gasteiger partial charge in [-0.05, 0) is 17.7 Å². The van der Waals surface area contributed by atoms with Crippen LogP contribution in [0.2, 0.25) is 0 Å². The largest absolute Gasteiger partial charge is 0.463 e. The van der Waals surface area contributed by atoms with Crippen molar-refractivity contribution in [2.75, 3.05) is 20.3 Å². The van der Waals surface area contributed by atoms with E-state index >= 15 is 0 Å². The van der Waals surface area contributed by atoms with Gasteiger partial charge in [-0.15, -0.1) is 0 Å². The fourth-order valence-corrected chi connectivity index (χ4v) is 7.52. The van der Waals surface area contributed by atoms with Gasteiger partial charge in [0.1, 0.15) is 43.2 Å². The third-order valence-corrected chi connectivity index (χ3v) is 9.96. The van der Waals surface area contributed by atoms with E-state index in [2.05, 4.69) is 0 Å². The van der Waals surface area contributed by atoms with Crippen LogP contribution < -0.4 is 0 Å². The summed E-state index contributed by atoms with van der Waals surface area (Å²) in [6, 6.07) is 23.3. The van der Waals surface area contributed by atoms with Crippen molar-refractivity contribution in [2.45, 2.75) is 95.0 Å². The Balaban J connectivity index is 1.31. The van der Waals surface area contributed by atoms with Crippen LogP contribution in [0.15, 0.2) is 84.9 Å². The number of carbonyl (C=O) groups excluding carboxylic acids is 5. The summed E-state index contributed by atoms with van der Waals surface area (Å²) in [5.41, 5.74) is 1.75. The van der Waals surface area contributed by atoms with Crippen molar-refractivity contribution in [3.63, 3.8) is 0 Å².